The van der Waals surface area contributed by atoms with Gasteiger partial charge in [-0.25, -0.2) is 0 Å². The average molecular weight is 263 g/mol. The van der Waals surface area contributed by atoms with Crippen molar-refractivity contribution in [3.05, 3.63) is 35.4 Å². The van der Waals surface area contributed by atoms with Crippen LogP contribution in [0.2, 0.25) is 0 Å². The monoisotopic (exact) mass is 263 g/mol. The fourth-order valence-electron chi connectivity index (χ4n) is 2.39. The van der Waals surface area contributed by atoms with E-state index in [1.807, 2.05) is 13.0 Å². The summed E-state index contributed by atoms with van der Waals surface area (Å²) in [6.07, 6.45) is 0.660. The van der Waals surface area contributed by atoms with E-state index in [-0.39, 0.29) is 11.3 Å². The Hall–Kier alpha value is -1.35. The Morgan fingerprint density at radius 1 is 1.37 bits per heavy atom. The van der Waals surface area contributed by atoms with Crippen LogP contribution in [0.3, 0.4) is 0 Å². The molecule has 0 bridgehead atoms. The minimum absolute atomic E-state index is 0.00212. The highest BCUT2D eigenvalue weighted by Gasteiger charge is 2.23. The van der Waals surface area contributed by atoms with Crippen LogP contribution < -0.4 is 5.32 Å². The summed E-state index contributed by atoms with van der Waals surface area (Å²) >= 11 is 0. The van der Waals surface area contributed by atoms with Crippen molar-refractivity contribution in [3.8, 4) is 0 Å². The van der Waals surface area contributed by atoms with E-state index in [0.717, 1.165) is 6.54 Å². The van der Waals surface area contributed by atoms with E-state index in [1.165, 1.54) is 11.1 Å². The Morgan fingerprint density at radius 2 is 2.00 bits per heavy atom. The van der Waals surface area contributed by atoms with Gasteiger partial charge in [-0.05, 0) is 24.5 Å². The van der Waals surface area contributed by atoms with Gasteiger partial charge in [0.15, 0.2) is 0 Å². The van der Waals surface area contributed by atoms with Gasteiger partial charge in [0.25, 0.3) is 0 Å². The molecule has 0 spiro atoms. The van der Waals surface area contributed by atoms with Crippen LogP contribution in [-0.2, 0) is 10.2 Å². The summed E-state index contributed by atoms with van der Waals surface area (Å²) in [6.45, 7) is 9.70. The Labute approximate surface area is 116 Å². The van der Waals surface area contributed by atoms with Crippen molar-refractivity contribution in [2.45, 2.75) is 39.5 Å². The van der Waals surface area contributed by atoms with E-state index in [1.54, 1.807) is 0 Å². The summed E-state index contributed by atoms with van der Waals surface area (Å²) in [4.78, 5) is 11.0. The molecule has 1 atom stereocenters. The fraction of sp³-hybridized carbons (Fsp3) is 0.562. The standard InChI is InChI=1S/C16H25NO2/c1-5-13(15(18)19)10-17-11-16(3,4)14-9-7-6-8-12(14)2/h6-9,13,17H,5,10-11H2,1-4H3,(H,18,19). The lowest BCUT2D eigenvalue weighted by molar-refractivity contribution is -0.141. The number of hydrogen-bond acceptors (Lipinski definition) is 2. The quantitative estimate of drug-likeness (QED) is 0.795. The van der Waals surface area contributed by atoms with Gasteiger partial charge in [-0.1, -0.05) is 45.0 Å². The van der Waals surface area contributed by atoms with Gasteiger partial charge >= 0.3 is 5.97 Å². The van der Waals surface area contributed by atoms with Gasteiger partial charge in [-0.2, -0.15) is 0 Å². The molecule has 3 heteroatoms. The first-order valence-corrected chi connectivity index (χ1v) is 6.88. The minimum atomic E-state index is -0.719. The molecule has 0 aliphatic heterocycles. The number of hydrogen-bond donors (Lipinski definition) is 2. The molecule has 1 aromatic carbocycles. The normalized spacial score (nSPS) is 13.3. The molecule has 0 saturated heterocycles. The Bertz CT molecular complexity index is 427. The smallest absolute Gasteiger partial charge is 0.307 e. The second kappa shape index (κ2) is 6.71. The second-order valence-corrected chi connectivity index (χ2v) is 5.77. The van der Waals surface area contributed by atoms with Crippen LogP contribution in [-0.4, -0.2) is 24.2 Å². The number of aryl methyl sites for hydroxylation is 1. The lowest BCUT2D eigenvalue weighted by Crippen LogP contribution is -2.37. The summed E-state index contributed by atoms with van der Waals surface area (Å²) in [5, 5.41) is 12.3. The molecule has 0 radical (unpaired) electrons. The predicted octanol–water partition coefficient (Wildman–Crippen LogP) is 2.97. The zero-order valence-electron chi connectivity index (χ0n) is 12.4. The minimum Gasteiger partial charge on any atom is -0.481 e. The molecule has 0 heterocycles. The second-order valence-electron chi connectivity index (χ2n) is 5.77. The maximum absolute atomic E-state index is 11.0. The zero-order valence-corrected chi connectivity index (χ0v) is 12.4. The van der Waals surface area contributed by atoms with E-state index in [2.05, 4.69) is 44.3 Å². The van der Waals surface area contributed by atoms with E-state index in [4.69, 9.17) is 5.11 Å². The molecule has 0 aromatic heterocycles. The highest BCUT2D eigenvalue weighted by atomic mass is 16.4. The average Bonchev–Trinajstić information content (AvgIpc) is 2.34. The van der Waals surface area contributed by atoms with Crippen LogP contribution >= 0.6 is 0 Å². The van der Waals surface area contributed by atoms with Crippen molar-refractivity contribution in [1.82, 2.24) is 5.32 Å². The van der Waals surface area contributed by atoms with Crippen molar-refractivity contribution in [1.29, 1.82) is 0 Å². The van der Waals surface area contributed by atoms with Gasteiger partial charge in [0.1, 0.15) is 0 Å². The third-order valence-corrected chi connectivity index (χ3v) is 3.67. The third-order valence-electron chi connectivity index (χ3n) is 3.67. The highest BCUT2D eigenvalue weighted by molar-refractivity contribution is 5.70. The van der Waals surface area contributed by atoms with Crippen LogP contribution in [0.25, 0.3) is 0 Å². The van der Waals surface area contributed by atoms with Gasteiger partial charge < -0.3 is 10.4 Å². The molecule has 0 fully saturated rings. The molecular formula is C16H25NO2. The van der Waals surface area contributed by atoms with Crippen molar-refractivity contribution < 1.29 is 9.90 Å². The number of carbonyl (C=O) groups is 1. The number of aliphatic carboxylic acids is 1. The van der Waals surface area contributed by atoms with Gasteiger partial charge in [-0.3, -0.25) is 4.79 Å². The van der Waals surface area contributed by atoms with Crippen molar-refractivity contribution >= 4 is 5.97 Å². The summed E-state index contributed by atoms with van der Waals surface area (Å²) < 4.78 is 0. The van der Waals surface area contributed by atoms with Crippen molar-refractivity contribution in [2.24, 2.45) is 5.92 Å². The van der Waals surface area contributed by atoms with Crippen LogP contribution in [0.5, 0.6) is 0 Å². The molecule has 0 aliphatic rings. The summed E-state index contributed by atoms with van der Waals surface area (Å²) in [6, 6.07) is 8.35. The Morgan fingerprint density at radius 3 is 2.53 bits per heavy atom. The first-order valence-electron chi connectivity index (χ1n) is 6.88. The molecule has 106 valence electrons. The van der Waals surface area contributed by atoms with Crippen LogP contribution in [0.4, 0.5) is 0 Å². The van der Waals surface area contributed by atoms with Crippen molar-refractivity contribution in [3.63, 3.8) is 0 Å². The summed E-state index contributed by atoms with van der Waals surface area (Å²) in [5.41, 5.74) is 2.59. The number of carboxylic acid groups (broad SMARTS) is 1. The van der Waals surface area contributed by atoms with Crippen LogP contribution in [0, 0.1) is 12.8 Å². The number of carboxylic acids is 1. The number of rotatable bonds is 7. The molecule has 1 unspecified atom stereocenters. The molecule has 2 N–H and O–H groups in total. The van der Waals surface area contributed by atoms with E-state index >= 15 is 0 Å². The molecule has 0 amide bonds. The fourth-order valence-corrected chi connectivity index (χ4v) is 2.39. The molecule has 0 aliphatic carbocycles. The highest BCUT2D eigenvalue weighted by Crippen LogP contribution is 2.25. The molecule has 19 heavy (non-hydrogen) atoms. The Kier molecular flexibility index (Phi) is 5.55. The first kappa shape index (κ1) is 15.7. The molecular weight excluding hydrogens is 238 g/mol. The van der Waals surface area contributed by atoms with E-state index in [9.17, 15) is 4.79 Å². The maximum atomic E-state index is 11.0. The SMILES string of the molecule is CCC(CNCC(C)(C)c1ccccc1C)C(=O)O. The molecule has 0 saturated carbocycles. The predicted molar refractivity (Wildman–Crippen MR) is 78.5 cm³/mol. The van der Waals surface area contributed by atoms with Gasteiger partial charge in [0, 0.05) is 18.5 Å². The summed E-state index contributed by atoms with van der Waals surface area (Å²) in [7, 11) is 0. The van der Waals surface area contributed by atoms with Gasteiger partial charge in [0.05, 0.1) is 5.92 Å². The zero-order chi connectivity index (χ0) is 14.5. The largest absolute Gasteiger partial charge is 0.481 e. The Balaban J connectivity index is 2.61. The molecule has 3 nitrogen and oxygen atoms in total. The van der Waals surface area contributed by atoms with E-state index in [0.29, 0.717) is 13.0 Å². The maximum Gasteiger partial charge on any atom is 0.307 e. The lowest BCUT2D eigenvalue weighted by Gasteiger charge is -2.28. The van der Waals surface area contributed by atoms with Crippen LogP contribution in [0.15, 0.2) is 24.3 Å². The van der Waals surface area contributed by atoms with Crippen LogP contribution in [0.1, 0.15) is 38.3 Å². The van der Waals surface area contributed by atoms with Crippen molar-refractivity contribution in [2.75, 3.05) is 13.1 Å². The topological polar surface area (TPSA) is 49.3 Å². The third kappa shape index (κ3) is 4.35. The number of benzene rings is 1. The molecule has 1 rings (SSSR count). The van der Waals surface area contributed by atoms with Gasteiger partial charge in [0.2, 0.25) is 0 Å². The number of nitrogens with one attached hydrogen (secondary N) is 1. The van der Waals surface area contributed by atoms with Gasteiger partial charge in [-0.15, -0.1) is 0 Å². The van der Waals surface area contributed by atoms with E-state index < -0.39 is 5.97 Å². The summed E-state index contributed by atoms with van der Waals surface area (Å²) in [5.74, 6) is -1.02. The lowest BCUT2D eigenvalue weighted by atomic mass is 9.82. The molecule has 1 aromatic rings. The first-order chi connectivity index (χ1) is 8.88.